The van der Waals surface area contributed by atoms with E-state index in [0.29, 0.717) is 6.42 Å². The van der Waals surface area contributed by atoms with E-state index in [4.69, 9.17) is 0 Å². The number of benzene rings is 2. The van der Waals surface area contributed by atoms with Crippen LogP contribution in [0.4, 0.5) is 0 Å². The van der Waals surface area contributed by atoms with Gasteiger partial charge in [-0.1, -0.05) is 74.3 Å². The summed E-state index contributed by atoms with van der Waals surface area (Å²) in [4.78, 5) is 12.0. The normalized spacial score (nSPS) is 12.1. The summed E-state index contributed by atoms with van der Waals surface area (Å²) >= 11 is 6.84. The molecular formula is C15H12Br2O. The zero-order valence-corrected chi connectivity index (χ0v) is 12.8. The van der Waals surface area contributed by atoms with Crippen LogP contribution in [0.2, 0.25) is 0 Å². The van der Waals surface area contributed by atoms with Gasteiger partial charge in [0.2, 0.25) is 0 Å². The minimum absolute atomic E-state index is 0.117. The molecule has 3 heteroatoms. The Labute approximate surface area is 123 Å². The van der Waals surface area contributed by atoms with Gasteiger partial charge in [0.05, 0.1) is 4.83 Å². The molecule has 0 saturated carbocycles. The fraction of sp³-hybridized carbons (Fsp3) is 0.133. The number of carbonyl (C=O) groups excluding carboxylic acids is 1. The second kappa shape index (κ2) is 6.30. The lowest BCUT2D eigenvalue weighted by Crippen LogP contribution is -2.16. The van der Waals surface area contributed by atoms with E-state index in [1.165, 1.54) is 0 Å². The minimum atomic E-state index is -0.180. The molecule has 2 aromatic rings. The monoisotopic (exact) mass is 366 g/mol. The average molecular weight is 368 g/mol. The third-order valence-corrected chi connectivity index (χ3v) is 3.94. The quantitative estimate of drug-likeness (QED) is 0.568. The highest BCUT2D eigenvalue weighted by atomic mass is 79.9. The Morgan fingerprint density at radius 1 is 1.00 bits per heavy atom. The van der Waals surface area contributed by atoms with Crippen molar-refractivity contribution in [3.8, 4) is 0 Å². The van der Waals surface area contributed by atoms with Crippen molar-refractivity contribution >= 4 is 37.6 Å². The molecule has 0 amide bonds. The van der Waals surface area contributed by atoms with E-state index in [2.05, 4.69) is 31.9 Å². The molecule has 0 spiro atoms. The highest BCUT2D eigenvalue weighted by Crippen LogP contribution is 2.17. The maximum absolute atomic E-state index is 12.2. The smallest absolute Gasteiger partial charge is 0.176 e. The molecular weight excluding hydrogens is 356 g/mol. The van der Waals surface area contributed by atoms with Crippen molar-refractivity contribution in [3.63, 3.8) is 0 Å². The van der Waals surface area contributed by atoms with Crippen molar-refractivity contribution in [2.75, 3.05) is 0 Å². The van der Waals surface area contributed by atoms with E-state index in [9.17, 15) is 4.79 Å². The van der Waals surface area contributed by atoms with Gasteiger partial charge < -0.3 is 0 Å². The molecule has 0 heterocycles. The summed E-state index contributed by atoms with van der Waals surface area (Å²) in [6.45, 7) is 0. The molecule has 0 N–H and O–H groups in total. The van der Waals surface area contributed by atoms with E-state index < -0.39 is 0 Å². The standard InChI is InChI=1S/C15H12Br2O/c16-13-8-6-12(7-9-13)15(18)14(17)10-11-4-2-1-3-5-11/h1-9,14H,10H2. The maximum Gasteiger partial charge on any atom is 0.176 e. The van der Waals surface area contributed by atoms with Crippen LogP contribution in [0.5, 0.6) is 0 Å². The first-order valence-electron chi connectivity index (χ1n) is 5.64. The lowest BCUT2D eigenvalue weighted by atomic mass is 10.0. The number of carbonyl (C=O) groups is 1. The molecule has 1 atom stereocenters. The van der Waals surface area contributed by atoms with Gasteiger partial charge in [-0.2, -0.15) is 0 Å². The summed E-state index contributed by atoms with van der Waals surface area (Å²) in [5.41, 5.74) is 1.89. The van der Waals surface area contributed by atoms with Gasteiger partial charge >= 0.3 is 0 Å². The topological polar surface area (TPSA) is 17.1 Å². The van der Waals surface area contributed by atoms with Crippen LogP contribution >= 0.6 is 31.9 Å². The molecule has 0 aliphatic carbocycles. The molecule has 2 rings (SSSR count). The summed E-state index contributed by atoms with van der Waals surface area (Å²) < 4.78 is 0.980. The molecule has 1 unspecified atom stereocenters. The van der Waals surface area contributed by atoms with Crippen LogP contribution in [0.1, 0.15) is 15.9 Å². The number of hydrogen-bond acceptors (Lipinski definition) is 1. The fourth-order valence-electron chi connectivity index (χ4n) is 1.71. The van der Waals surface area contributed by atoms with Gasteiger partial charge in [0.15, 0.2) is 5.78 Å². The van der Waals surface area contributed by atoms with Gasteiger partial charge in [-0.25, -0.2) is 0 Å². The Balaban J connectivity index is 2.07. The Kier molecular flexibility index (Phi) is 4.72. The zero-order valence-electron chi connectivity index (χ0n) is 9.64. The third-order valence-electron chi connectivity index (χ3n) is 2.67. The lowest BCUT2D eigenvalue weighted by Gasteiger charge is -2.09. The van der Waals surface area contributed by atoms with Crippen LogP contribution in [0.3, 0.4) is 0 Å². The fourth-order valence-corrected chi connectivity index (χ4v) is 2.61. The van der Waals surface area contributed by atoms with Crippen LogP contribution in [-0.2, 0) is 6.42 Å². The molecule has 1 nitrogen and oxygen atoms in total. The molecule has 0 bridgehead atoms. The number of ketones is 1. The first-order chi connectivity index (χ1) is 8.66. The summed E-state index contributed by atoms with van der Waals surface area (Å²) in [7, 11) is 0. The Morgan fingerprint density at radius 3 is 2.22 bits per heavy atom. The Bertz CT molecular complexity index is 520. The van der Waals surface area contributed by atoms with Crippen LogP contribution in [-0.4, -0.2) is 10.6 Å². The van der Waals surface area contributed by atoms with E-state index in [0.717, 1.165) is 15.6 Å². The molecule has 92 valence electrons. The van der Waals surface area contributed by atoms with Crippen molar-refractivity contribution < 1.29 is 4.79 Å². The molecule has 18 heavy (non-hydrogen) atoms. The number of halogens is 2. The molecule has 0 radical (unpaired) electrons. The van der Waals surface area contributed by atoms with Gasteiger partial charge in [-0.15, -0.1) is 0 Å². The van der Waals surface area contributed by atoms with E-state index in [-0.39, 0.29) is 10.6 Å². The van der Waals surface area contributed by atoms with Crippen LogP contribution < -0.4 is 0 Å². The molecule has 0 aliphatic heterocycles. The summed E-state index contributed by atoms with van der Waals surface area (Å²) in [6, 6.07) is 17.5. The summed E-state index contributed by atoms with van der Waals surface area (Å²) in [6.07, 6.45) is 0.704. The molecule has 0 aromatic heterocycles. The van der Waals surface area contributed by atoms with Crippen molar-refractivity contribution in [2.45, 2.75) is 11.2 Å². The van der Waals surface area contributed by atoms with Gasteiger partial charge in [0.25, 0.3) is 0 Å². The molecule has 0 aliphatic rings. The summed E-state index contributed by atoms with van der Waals surface area (Å²) in [5, 5.41) is 0. The van der Waals surface area contributed by atoms with Crippen molar-refractivity contribution in [1.29, 1.82) is 0 Å². The largest absolute Gasteiger partial charge is 0.293 e. The van der Waals surface area contributed by atoms with Crippen molar-refractivity contribution in [2.24, 2.45) is 0 Å². The number of hydrogen-bond donors (Lipinski definition) is 0. The maximum atomic E-state index is 12.2. The number of Topliss-reactive ketones (excluding diaryl/α,β-unsaturated/α-hetero) is 1. The van der Waals surface area contributed by atoms with Gasteiger partial charge in [-0.3, -0.25) is 4.79 Å². The molecule has 0 saturated heterocycles. The lowest BCUT2D eigenvalue weighted by molar-refractivity contribution is 0.0991. The van der Waals surface area contributed by atoms with E-state index in [1.807, 2.05) is 54.6 Å². The Morgan fingerprint density at radius 2 is 1.61 bits per heavy atom. The SMILES string of the molecule is O=C(c1ccc(Br)cc1)C(Br)Cc1ccccc1. The van der Waals surface area contributed by atoms with Crippen molar-refractivity contribution in [1.82, 2.24) is 0 Å². The van der Waals surface area contributed by atoms with Gasteiger partial charge in [0.1, 0.15) is 0 Å². The molecule has 2 aromatic carbocycles. The highest BCUT2D eigenvalue weighted by molar-refractivity contribution is 9.10. The van der Waals surface area contributed by atoms with Crippen LogP contribution in [0, 0.1) is 0 Å². The van der Waals surface area contributed by atoms with E-state index in [1.54, 1.807) is 0 Å². The minimum Gasteiger partial charge on any atom is -0.293 e. The summed E-state index contributed by atoms with van der Waals surface area (Å²) in [5.74, 6) is 0.117. The average Bonchev–Trinajstić information content (AvgIpc) is 2.40. The Hall–Kier alpha value is -0.930. The van der Waals surface area contributed by atoms with Crippen LogP contribution in [0.25, 0.3) is 0 Å². The van der Waals surface area contributed by atoms with Crippen molar-refractivity contribution in [3.05, 3.63) is 70.2 Å². The van der Waals surface area contributed by atoms with Crippen LogP contribution in [0.15, 0.2) is 59.1 Å². The highest BCUT2D eigenvalue weighted by Gasteiger charge is 2.17. The second-order valence-electron chi connectivity index (χ2n) is 4.03. The van der Waals surface area contributed by atoms with E-state index >= 15 is 0 Å². The first-order valence-corrected chi connectivity index (χ1v) is 7.35. The predicted molar refractivity (Wildman–Crippen MR) is 81.3 cm³/mol. The number of alkyl halides is 1. The first kappa shape index (κ1) is 13.5. The second-order valence-corrected chi connectivity index (χ2v) is 6.05. The molecule has 0 fully saturated rings. The zero-order chi connectivity index (χ0) is 13.0. The van der Waals surface area contributed by atoms with Gasteiger partial charge in [0, 0.05) is 10.0 Å². The third kappa shape index (κ3) is 3.53. The predicted octanol–water partition coefficient (Wildman–Crippen LogP) is 4.64. The van der Waals surface area contributed by atoms with Gasteiger partial charge in [-0.05, 0) is 24.1 Å². The number of rotatable bonds is 4.